The zero-order valence-corrected chi connectivity index (χ0v) is 15.9. The van der Waals surface area contributed by atoms with Crippen molar-refractivity contribution in [1.29, 1.82) is 0 Å². The van der Waals surface area contributed by atoms with Gasteiger partial charge in [-0.2, -0.15) is 0 Å². The van der Waals surface area contributed by atoms with Crippen molar-refractivity contribution < 1.29 is 14.3 Å². The minimum atomic E-state index is -0.318. The van der Waals surface area contributed by atoms with Crippen LogP contribution in [0, 0.1) is 0 Å². The highest BCUT2D eigenvalue weighted by atomic mass is 16.5. The molecule has 1 fully saturated rings. The largest absolute Gasteiger partial charge is 0.462 e. The molecule has 0 aliphatic carbocycles. The monoisotopic (exact) mass is 346 g/mol. The van der Waals surface area contributed by atoms with Crippen LogP contribution in [0.2, 0.25) is 0 Å². The van der Waals surface area contributed by atoms with E-state index in [1.165, 1.54) is 17.5 Å². The first kappa shape index (κ1) is 19.4. The third-order valence-corrected chi connectivity index (χ3v) is 4.40. The number of carbonyl (C=O) groups is 2. The molecule has 2 heterocycles. The van der Waals surface area contributed by atoms with E-state index >= 15 is 0 Å². The van der Waals surface area contributed by atoms with Gasteiger partial charge in [-0.15, -0.1) is 0 Å². The third-order valence-electron chi connectivity index (χ3n) is 4.40. The Hall–Kier alpha value is -1.88. The molecule has 0 spiro atoms. The molecule has 0 N–H and O–H groups in total. The van der Waals surface area contributed by atoms with Crippen LogP contribution in [0.1, 0.15) is 51.2 Å². The molecule has 0 saturated carbocycles. The van der Waals surface area contributed by atoms with E-state index in [0.29, 0.717) is 12.9 Å². The number of fused-ring (bicyclic) bond motifs is 1. The van der Waals surface area contributed by atoms with Gasteiger partial charge in [0.05, 0.1) is 0 Å². The number of hydrogen-bond donors (Lipinski definition) is 0. The van der Waals surface area contributed by atoms with Crippen molar-refractivity contribution in [2.24, 2.45) is 0 Å². The SMILES string of the molecule is CC(C)(C)OC=O.CN1CCCc2cc(N3CCCC3=O)ccc2C1. The molecule has 0 atom stereocenters. The number of ether oxygens (including phenoxy) is 1. The zero-order chi connectivity index (χ0) is 18.4. The summed E-state index contributed by atoms with van der Waals surface area (Å²) in [5, 5.41) is 0. The van der Waals surface area contributed by atoms with Crippen molar-refractivity contribution >= 4 is 18.1 Å². The summed E-state index contributed by atoms with van der Waals surface area (Å²) in [6, 6.07) is 6.55. The van der Waals surface area contributed by atoms with Gasteiger partial charge in [0.15, 0.2) is 0 Å². The lowest BCUT2D eigenvalue weighted by Crippen LogP contribution is -2.23. The molecule has 5 nitrogen and oxygen atoms in total. The Labute approximate surface area is 150 Å². The normalized spacial score (nSPS) is 18.1. The van der Waals surface area contributed by atoms with Gasteiger partial charge in [0, 0.05) is 25.2 Å². The number of nitrogens with zero attached hydrogens (tertiary/aromatic N) is 2. The summed E-state index contributed by atoms with van der Waals surface area (Å²) in [4.78, 5) is 25.7. The highest BCUT2D eigenvalue weighted by Gasteiger charge is 2.22. The van der Waals surface area contributed by atoms with Gasteiger partial charge in [-0.3, -0.25) is 9.59 Å². The average Bonchev–Trinajstić information content (AvgIpc) is 2.85. The van der Waals surface area contributed by atoms with Crippen LogP contribution >= 0.6 is 0 Å². The molecule has 138 valence electrons. The van der Waals surface area contributed by atoms with Crippen molar-refractivity contribution in [3.63, 3.8) is 0 Å². The van der Waals surface area contributed by atoms with Gasteiger partial charge in [-0.1, -0.05) is 6.07 Å². The molecule has 0 radical (unpaired) electrons. The number of amides is 1. The fourth-order valence-corrected chi connectivity index (χ4v) is 3.14. The van der Waals surface area contributed by atoms with Crippen molar-refractivity contribution in [2.45, 2.75) is 58.6 Å². The highest BCUT2D eigenvalue weighted by Crippen LogP contribution is 2.26. The van der Waals surface area contributed by atoms with Crippen LogP contribution in [0.4, 0.5) is 5.69 Å². The predicted octanol–water partition coefficient (Wildman–Crippen LogP) is 3.15. The summed E-state index contributed by atoms with van der Waals surface area (Å²) in [7, 11) is 2.17. The molecule has 1 amide bonds. The number of hydrogen-bond acceptors (Lipinski definition) is 4. The summed E-state index contributed by atoms with van der Waals surface area (Å²) in [6.07, 6.45) is 4.05. The minimum absolute atomic E-state index is 0.278. The first-order valence-electron chi connectivity index (χ1n) is 9.02. The highest BCUT2D eigenvalue weighted by molar-refractivity contribution is 5.95. The van der Waals surface area contributed by atoms with Crippen molar-refractivity contribution in [3.8, 4) is 0 Å². The fourth-order valence-electron chi connectivity index (χ4n) is 3.14. The molecule has 3 rings (SSSR count). The van der Waals surface area contributed by atoms with Crippen LogP contribution in [0.5, 0.6) is 0 Å². The maximum atomic E-state index is 11.8. The second kappa shape index (κ2) is 8.48. The van der Waals surface area contributed by atoms with E-state index < -0.39 is 0 Å². The van der Waals surface area contributed by atoms with Gasteiger partial charge in [0.25, 0.3) is 6.47 Å². The van der Waals surface area contributed by atoms with Crippen molar-refractivity contribution in [2.75, 3.05) is 25.0 Å². The lowest BCUT2D eigenvalue weighted by Gasteiger charge is -2.18. The van der Waals surface area contributed by atoms with Gasteiger partial charge in [-0.05, 0) is 76.9 Å². The number of anilines is 1. The minimum Gasteiger partial charge on any atom is -0.462 e. The number of benzene rings is 1. The molecular weight excluding hydrogens is 316 g/mol. The summed E-state index contributed by atoms with van der Waals surface area (Å²) in [5.74, 6) is 0.278. The Bertz CT molecular complexity index is 607. The molecule has 1 saturated heterocycles. The van der Waals surface area contributed by atoms with Crippen molar-refractivity contribution in [1.82, 2.24) is 4.90 Å². The molecule has 0 aromatic heterocycles. The Morgan fingerprint density at radius 2 is 1.80 bits per heavy atom. The molecule has 0 bridgehead atoms. The van der Waals surface area contributed by atoms with Gasteiger partial charge in [0.1, 0.15) is 5.60 Å². The van der Waals surface area contributed by atoms with Crippen molar-refractivity contribution in [3.05, 3.63) is 29.3 Å². The summed E-state index contributed by atoms with van der Waals surface area (Å²) >= 11 is 0. The molecule has 2 aliphatic heterocycles. The van der Waals surface area contributed by atoms with Crippen LogP contribution in [0.15, 0.2) is 18.2 Å². The molecule has 5 heteroatoms. The number of aryl methyl sites for hydroxylation is 1. The summed E-state index contributed by atoms with van der Waals surface area (Å²) < 4.78 is 4.55. The Kier molecular flexibility index (Phi) is 6.59. The lowest BCUT2D eigenvalue weighted by atomic mass is 10.0. The topological polar surface area (TPSA) is 49.9 Å². The van der Waals surface area contributed by atoms with E-state index in [4.69, 9.17) is 0 Å². The van der Waals surface area contributed by atoms with E-state index in [1.807, 2.05) is 25.7 Å². The van der Waals surface area contributed by atoms with Crippen LogP contribution in [0.3, 0.4) is 0 Å². The van der Waals surface area contributed by atoms with Crippen LogP contribution in [0.25, 0.3) is 0 Å². The van der Waals surface area contributed by atoms with E-state index in [2.05, 4.69) is 34.9 Å². The first-order chi connectivity index (χ1) is 11.8. The standard InChI is InChI=1S/C15H20N2O.C5H10O2/c1-16-8-2-4-12-10-14(7-6-13(12)11-16)17-9-3-5-15(17)18;1-5(2,3)7-4-6/h6-7,10H,2-5,8-9,11H2,1H3;4H,1-3H3. The summed E-state index contributed by atoms with van der Waals surface area (Å²) in [6.45, 7) is 9.00. The second-order valence-corrected chi connectivity index (χ2v) is 7.77. The molecule has 1 aromatic carbocycles. The zero-order valence-electron chi connectivity index (χ0n) is 15.9. The molecule has 0 unspecified atom stereocenters. The third kappa shape index (κ3) is 5.85. The number of rotatable bonds is 2. The Balaban J connectivity index is 0.000000277. The van der Waals surface area contributed by atoms with Gasteiger partial charge in [-0.25, -0.2) is 0 Å². The van der Waals surface area contributed by atoms with Crippen LogP contribution in [-0.2, 0) is 27.3 Å². The van der Waals surface area contributed by atoms with E-state index in [0.717, 1.165) is 38.2 Å². The van der Waals surface area contributed by atoms with Crippen LogP contribution < -0.4 is 4.90 Å². The molecular formula is C20H30N2O3. The predicted molar refractivity (Wildman–Crippen MR) is 99.6 cm³/mol. The summed E-state index contributed by atoms with van der Waals surface area (Å²) in [5.41, 5.74) is 3.63. The average molecular weight is 346 g/mol. The maximum Gasteiger partial charge on any atom is 0.293 e. The van der Waals surface area contributed by atoms with E-state index in [1.54, 1.807) is 0 Å². The molecule has 25 heavy (non-hydrogen) atoms. The Morgan fingerprint density at radius 3 is 2.36 bits per heavy atom. The quantitative estimate of drug-likeness (QED) is 0.772. The first-order valence-corrected chi connectivity index (χ1v) is 9.02. The van der Waals surface area contributed by atoms with E-state index in [9.17, 15) is 9.59 Å². The van der Waals surface area contributed by atoms with Gasteiger partial charge < -0.3 is 14.5 Å². The smallest absolute Gasteiger partial charge is 0.293 e. The molecule has 1 aromatic rings. The van der Waals surface area contributed by atoms with Gasteiger partial charge in [0.2, 0.25) is 5.91 Å². The van der Waals surface area contributed by atoms with Gasteiger partial charge >= 0.3 is 0 Å². The molecule has 2 aliphatic rings. The fraction of sp³-hybridized carbons (Fsp3) is 0.600. The Morgan fingerprint density at radius 1 is 1.08 bits per heavy atom. The maximum absolute atomic E-state index is 11.8. The second-order valence-electron chi connectivity index (χ2n) is 7.77. The van der Waals surface area contributed by atoms with Crippen LogP contribution in [-0.4, -0.2) is 43.0 Å². The van der Waals surface area contributed by atoms with E-state index in [-0.39, 0.29) is 11.5 Å². The number of carbonyl (C=O) groups excluding carboxylic acids is 2. The lowest BCUT2D eigenvalue weighted by molar-refractivity contribution is -0.138.